The molecule has 0 spiro atoms. The largest absolute Gasteiger partial charge is 0.444 e. The first-order valence-electron chi connectivity index (χ1n) is 7.28. The first-order chi connectivity index (χ1) is 10.7. The number of benzene rings is 1. The highest BCUT2D eigenvalue weighted by atomic mass is 16.6. The molecule has 0 aliphatic carbocycles. The lowest BCUT2D eigenvalue weighted by molar-refractivity contribution is 0.0438. The number of rotatable bonds is 4. The Morgan fingerprint density at radius 1 is 1.22 bits per heavy atom. The van der Waals surface area contributed by atoms with Crippen molar-refractivity contribution in [2.45, 2.75) is 32.4 Å². The highest BCUT2D eigenvalue weighted by molar-refractivity contribution is 6.21. The fraction of sp³-hybridized carbons (Fsp3) is 0.438. The van der Waals surface area contributed by atoms with Crippen molar-refractivity contribution in [1.82, 2.24) is 10.2 Å². The number of hydrogen-bond donors (Lipinski definition) is 2. The Labute approximate surface area is 134 Å². The number of carbonyl (C=O) groups excluding carboxylic acids is 3. The summed E-state index contributed by atoms with van der Waals surface area (Å²) in [6.07, 6.45) is -0.715. The molecule has 1 heterocycles. The Bertz CT molecular complexity index is 601. The van der Waals surface area contributed by atoms with E-state index in [0.29, 0.717) is 11.1 Å². The number of imide groups is 1. The van der Waals surface area contributed by atoms with Crippen molar-refractivity contribution in [3.8, 4) is 0 Å². The van der Waals surface area contributed by atoms with Crippen molar-refractivity contribution in [2.75, 3.05) is 13.2 Å². The Kier molecular flexibility index (Phi) is 4.70. The van der Waals surface area contributed by atoms with E-state index in [9.17, 15) is 19.5 Å². The molecule has 0 fully saturated rings. The molecule has 1 aliphatic heterocycles. The molecule has 2 N–H and O–H groups in total. The van der Waals surface area contributed by atoms with Gasteiger partial charge in [-0.05, 0) is 32.9 Å². The second-order valence-electron chi connectivity index (χ2n) is 6.29. The molecule has 23 heavy (non-hydrogen) atoms. The minimum absolute atomic E-state index is 0.123. The maximum absolute atomic E-state index is 12.3. The van der Waals surface area contributed by atoms with Gasteiger partial charge in [-0.2, -0.15) is 0 Å². The maximum atomic E-state index is 12.3. The lowest BCUT2D eigenvalue weighted by Crippen LogP contribution is -2.48. The van der Waals surface area contributed by atoms with Crippen LogP contribution in [0.15, 0.2) is 24.3 Å². The third-order valence-corrected chi connectivity index (χ3v) is 3.22. The second kappa shape index (κ2) is 6.37. The third-order valence-electron chi connectivity index (χ3n) is 3.22. The molecule has 1 aliphatic rings. The molecule has 1 unspecified atom stereocenters. The van der Waals surface area contributed by atoms with Gasteiger partial charge < -0.3 is 15.2 Å². The summed E-state index contributed by atoms with van der Waals surface area (Å²) in [5.74, 6) is -0.870. The number of alkyl carbamates (subject to hydrolysis) is 1. The van der Waals surface area contributed by atoms with E-state index in [2.05, 4.69) is 5.32 Å². The van der Waals surface area contributed by atoms with Crippen LogP contribution in [0.5, 0.6) is 0 Å². The fourth-order valence-electron chi connectivity index (χ4n) is 2.25. The monoisotopic (exact) mass is 320 g/mol. The summed E-state index contributed by atoms with van der Waals surface area (Å²) >= 11 is 0. The summed E-state index contributed by atoms with van der Waals surface area (Å²) in [7, 11) is 0. The van der Waals surface area contributed by atoms with Gasteiger partial charge in [0.15, 0.2) is 0 Å². The smallest absolute Gasteiger partial charge is 0.408 e. The van der Waals surface area contributed by atoms with Gasteiger partial charge in [0, 0.05) is 0 Å². The predicted octanol–water partition coefficient (Wildman–Crippen LogP) is 1.17. The molecular formula is C16H20N2O5. The first-order valence-corrected chi connectivity index (χ1v) is 7.28. The van der Waals surface area contributed by atoms with Crippen LogP contribution in [0.4, 0.5) is 4.79 Å². The van der Waals surface area contributed by atoms with Crippen molar-refractivity contribution in [1.29, 1.82) is 0 Å². The van der Waals surface area contributed by atoms with Gasteiger partial charge in [-0.25, -0.2) is 4.79 Å². The lowest BCUT2D eigenvalue weighted by atomic mass is 10.1. The van der Waals surface area contributed by atoms with Crippen LogP contribution in [0.3, 0.4) is 0 Å². The van der Waals surface area contributed by atoms with Crippen LogP contribution in [0.2, 0.25) is 0 Å². The van der Waals surface area contributed by atoms with Gasteiger partial charge >= 0.3 is 6.09 Å². The van der Waals surface area contributed by atoms with Crippen LogP contribution in [-0.4, -0.2) is 52.7 Å². The van der Waals surface area contributed by atoms with E-state index >= 15 is 0 Å². The van der Waals surface area contributed by atoms with Gasteiger partial charge in [-0.1, -0.05) is 12.1 Å². The van der Waals surface area contributed by atoms with Gasteiger partial charge in [-0.15, -0.1) is 0 Å². The number of amides is 3. The molecule has 0 saturated heterocycles. The van der Waals surface area contributed by atoms with E-state index in [0.717, 1.165) is 4.90 Å². The molecule has 0 aromatic heterocycles. The molecular weight excluding hydrogens is 300 g/mol. The minimum Gasteiger partial charge on any atom is -0.444 e. The molecule has 7 nitrogen and oxygen atoms in total. The fourth-order valence-corrected chi connectivity index (χ4v) is 2.25. The van der Waals surface area contributed by atoms with E-state index in [1.165, 1.54) is 0 Å². The van der Waals surface area contributed by atoms with Crippen LogP contribution < -0.4 is 5.32 Å². The van der Waals surface area contributed by atoms with E-state index in [-0.39, 0.29) is 6.54 Å². The predicted molar refractivity (Wildman–Crippen MR) is 82.1 cm³/mol. The van der Waals surface area contributed by atoms with Crippen LogP contribution in [0, 0.1) is 0 Å². The molecule has 0 radical (unpaired) electrons. The summed E-state index contributed by atoms with van der Waals surface area (Å²) in [5, 5.41) is 11.9. The van der Waals surface area contributed by atoms with Gasteiger partial charge in [-0.3, -0.25) is 14.5 Å². The molecule has 1 aromatic carbocycles. The highest BCUT2D eigenvalue weighted by Crippen LogP contribution is 2.22. The molecule has 7 heteroatoms. The zero-order valence-corrected chi connectivity index (χ0v) is 13.3. The Hall–Kier alpha value is -2.41. The maximum Gasteiger partial charge on any atom is 0.408 e. The normalized spacial score (nSPS) is 15.4. The number of fused-ring (bicyclic) bond motifs is 1. The summed E-state index contributed by atoms with van der Waals surface area (Å²) in [6.45, 7) is 4.59. The van der Waals surface area contributed by atoms with Crippen LogP contribution in [0.1, 0.15) is 41.5 Å². The van der Waals surface area contributed by atoms with Crippen LogP contribution in [0.25, 0.3) is 0 Å². The quantitative estimate of drug-likeness (QED) is 0.812. The molecule has 0 saturated carbocycles. The number of aliphatic hydroxyl groups is 1. The highest BCUT2D eigenvalue weighted by Gasteiger charge is 2.36. The average Bonchev–Trinajstić information content (AvgIpc) is 2.70. The molecule has 1 atom stereocenters. The summed E-state index contributed by atoms with van der Waals surface area (Å²) in [6, 6.07) is 5.70. The minimum atomic E-state index is -0.799. The van der Waals surface area contributed by atoms with Crippen molar-refractivity contribution < 1.29 is 24.2 Å². The van der Waals surface area contributed by atoms with Crippen molar-refractivity contribution in [2.24, 2.45) is 0 Å². The number of aliphatic hydroxyl groups excluding tert-OH is 1. The first kappa shape index (κ1) is 17.0. The zero-order chi connectivity index (χ0) is 17.2. The Morgan fingerprint density at radius 2 is 1.74 bits per heavy atom. The van der Waals surface area contributed by atoms with E-state index in [1.54, 1.807) is 45.0 Å². The molecule has 1 aromatic rings. The Balaban J connectivity index is 2.05. The van der Waals surface area contributed by atoms with Crippen molar-refractivity contribution in [3.63, 3.8) is 0 Å². The zero-order valence-electron chi connectivity index (χ0n) is 13.3. The standard InChI is InChI=1S/C16H20N2O5/c1-16(2,3)23-15(22)17-10(9-19)8-18-13(20)11-6-4-5-7-12(11)14(18)21/h4-7,10,19H,8-9H2,1-3H3,(H,17,22). The average molecular weight is 320 g/mol. The van der Waals surface area contributed by atoms with E-state index in [1.807, 2.05) is 0 Å². The number of nitrogens with zero attached hydrogens (tertiary/aromatic N) is 1. The third kappa shape index (κ3) is 3.87. The van der Waals surface area contributed by atoms with Crippen molar-refractivity contribution >= 4 is 17.9 Å². The van der Waals surface area contributed by atoms with E-state index < -0.39 is 36.2 Å². The summed E-state index contributed by atoms with van der Waals surface area (Å²) in [5.41, 5.74) is -0.0301. The number of hydrogen-bond acceptors (Lipinski definition) is 5. The van der Waals surface area contributed by atoms with Crippen LogP contribution >= 0.6 is 0 Å². The topological polar surface area (TPSA) is 95.9 Å². The Morgan fingerprint density at radius 3 is 2.17 bits per heavy atom. The van der Waals surface area contributed by atoms with Gasteiger partial charge in [0.2, 0.25) is 0 Å². The van der Waals surface area contributed by atoms with Crippen LogP contribution in [-0.2, 0) is 4.74 Å². The number of carbonyl (C=O) groups is 3. The molecule has 3 amide bonds. The number of ether oxygens (including phenoxy) is 1. The molecule has 124 valence electrons. The van der Waals surface area contributed by atoms with E-state index in [4.69, 9.17) is 4.74 Å². The summed E-state index contributed by atoms with van der Waals surface area (Å²) in [4.78, 5) is 37.3. The van der Waals surface area contributed by atoms with Gasteiger partial charge in [0.1, 0.15) is 5.60 Å². The van der Waals surface area contributed by atoms with Crippen molar-refractivity contribution in [3.05, 3.63) is 35.4 Å². The molecule has 0 bridgehead atoms. The number of nitrogens with one attached hydrogen (secondary N) is 1. The summed E-state index contributed by atoms with van der Waals surface area (Å²) < 4.78 is 5.10. The van der Waals surface area contributed by atoms with Gasteiger partial charge in [0.05, 0.1) is 30.3 Å². The second-order valence-corrected chi connectivity index (χ2v) is 6.29. The van der Waals surface area contributed by atoms with Gasteiger partial charge in [0.25, 0.3) is 11.8 Å². The SMILES string of the molecule is CC(C)(C)OC(=O)NC(CO)CN1C(=O)c2ccccc2C1=O. The lowest BCUT2D eigenvalue weighted by Gasteiger charge is -2.25. The molecule has 2 rings (SSSR count).